The van der Waals surface area contributed by atoms with Crippen LogP contribution in [0, 0.1) is 0 Å². The molecule has 1 aliphatic rings. The number of nitrogens with zero attached hydrogens (tertiary/aromatic N) is 3. The molecule has 6 nitrogen and oxygen atoms in total. The number of halogens is 1. The Kier molecular flexibility index (Phi) is 4.10. The maximum Gasteiger partial charge on any atom is 0.160 e. The van der Waals surface area contributed by atoms with Gasteiger partial charge in [-0.2, -0.15) is 5.10 Å². The summed E-state index contributed by atoms with van der Waals surface area (Å²) in [4.78, 5) is 4.12. The van der Waals surface area contributed by atoms with E-state index in [2.05, 4.69) is 10.3 Å². The number of aromatic nitrogens is 3. The lowest BCUT2D eigenvalue weighted by atomic mass is 10.2. The SMILES string of the molecule is OCc1ccncc1Nc1nn([C@H]2CCOC2)c2ccc(Cl)cc12. The predicted octanol–water partition coefficient (Wildman–Crippen LogP) is 3.28. The van der Waals surface area contributed by atoms with E-state index in [9.17, 15) is 5.11 Å². The third-order valence-electron chi connectivity index (χ3n) is 4.25. The summed E-state index contributed by atoms with van der Waals surface area (Å²) in [5.41, 5.74) is 2.50. The Bertz CT molecular complexity index is 874. The summed E-state index contributed by atoms with van der Waals surface area (Å²) < 4.78 is 7.49. The standard InChI is InChI=1S/C17H17ClN4O2/c18-12-1-2-16-14(7-12)17(21-22(16)13-4-6-24-10-13)20-15-8-19-5-3-11(15)9-23/h1-3,5,7-8,13,23H,4,6,9-10H2,(H,20,21)/t13-/m0/s1. The number of aliphatic hydroxyl groups excluding tert-OH is 1. The van der Waals surface area contributed by atoms with Crippen LogP contribution in [0.3, 0.4) is 0 Å². The fraction of sp³-hybridized carbons (Fsp3) is 0.294. The molecule has 24 heavy (non-hydrogen) atoms. The van der Waals surface area contributed by atoms with Gasteiger partial charge in [0.05, 0.1) is 36.7 Å². The lowest BCUT2D eigenvalue weighted by Crippen LogP contribution is -2.10. The average molecular weight is 345 g/mol. The number of fused-ring (bicyclic) bond motifs is 1. The summed E-state index contributed by atoms with van der Waals surface area (Å²) >= 11 is 6.18. The van der Waals surface area contributed by atoms with E-state index in [4.69, 9.17) is 21.4 Å². The zero-order chi connectivity index (χ0) is 16.5. The second-order valence-corrected chi connectivity index (χ2v) is 6.22. The van der Waals surface area contributed by atoms with Crippen molar-refractivity contribution in [2.24, 2.45) is 0 Å². The monoisotopic (exact) mass is 344 g/mol. The number of hydrogen-bond donors (Lipinski definition) is 2. The maximum atomic E-state index is 9.50. The number of hydrogen-bond acceptors (Lipinski definition) is 5. The van der Waals surface area contributed by atoms with Crippen LogP contribution in [-0.4, -0.2) is 33.1 Å². The molecule has 1 aromatic carbocycles. The van der Waals surface area contributed by atoms with Crippen LogP contribution in [0.15, 0.2) is 36.7 Å². The number of anilines is 2. The first-order chi connectivity index (χ1) is 11.8. The van der Waals surface area contributed by atoms with Gasteiger partial charge in [0.25, 0.3) is 0 Å². The first-order valence-electron chi connectivity index (χ1n) is 7.82. The van der Waals surface area contributed by atoms with Gasteiger partial charge in [-0.15, -0.1) is 0 Å². The van der Waals surface area contributed by atoms with Crippen molar-refractivity contribution in [2.75, 3.05) is 18.5 Å². The van der Waals surface area contributed by atoms with E-state index in [-0.39, 0.29) is 12.6 Å². The minimum Gasteiger partial charge on any atom is -0.392 e. The Labute approximate surface area is 144 Å². The molecule has 0 aliphatic carbocycles. The molecule has 3 heterocycles. The van der Waals surface area contributed by atoms with Crippen LogP contribution in [0.2, 0.25) is 5.02 Å². The summed E-state index contributed by atoms with van der Waals surface area (Å²) in [5, 5.41) is 19.1. The van der Waals surface area contributed by atoms with E-state index < -0.39 is 0 Å². The molecular formula is C17H17ClN4O2. The van der Waals surface area contributed by atoms with Gasteiger partial charge in [0.15, 0.2) is 5.82 Å². The van der Waals surface area contributed by atoms with E-state index in [1.54, 1.807) is 18.5 Å². The maximum absolute atomic E-state index is 9.50. The molecule has 0 unspecified atom stereocenters. The zero-order valence-electron chi connectivity index (χ0n) is 12.9. The number of benzene rings is 1. The fourth-order valence-electron chi connectivity index (χ4n) is 3.00. The molecule has 7 heteroatoms. The van der Waals surface area contributed by atoms with Gasteiger partial charge in [0.2, 0.25) is 0 Å². The third kappa shape index (κ3) is 2.73. The number of rotatable bonds is 4. The summed E-state index contributed by atoms with van der Waals surface area (Å²) in [7, 11) is 0. The molecule has 0 saturated carbocycles. The smallest absolute Gasteiger partial charge is 0.160 e. The molecule has 4 rings (SSSR count). The molecule has 0 radical (unpaired) electrons. The van der Waals surface area contributed by atoms with Crippen molar-refractivity contribution in [1.29, 1.82) is 0 Å². The highest BCUT2D eigenvalue weighted by atomic mass is 35.5. The van der Waals surface area contributed by atoms with Crippen LogP contribution in [-0.2, 0) is 11.3 Å². The quantitative estimate of drug-likeness (QED) is 0.760. The van der Waals surface area contributed by atoms with Crippen LogP contribution in [0.1, 0.15) is 18.0 Å². The van der Waals surface area contributed by atoms with Gasteiger partial charge in [0, 0.05) is 28.8 Å². The Balaban J connectivity index is 1.81. The van der Waals surface area contributed by atoms with Crippen LogP contribution in [0.25, 0.3) is 10.9 Å². The molecule has 3 aromatic rings. The van der Waals surface area contributed by atoms with Crippen LogP contribution >= 0.6 is 11.6 Å². The van der Waals surface area contributed by atoms with E-state index >= 15 is 0 Å². The highest BCUT2D eigenvalue weighted by Gasteiger charge is 2.22. The van der Waals surface area contributed by atoms with Crippen molar-refractivity contribution in [3.8, 4) is 0 Å². The second kappa shape index (κ2) is 6.39. The lowest BCUT2D eigenvalue weighted by Gasteiger charge is -2.10. The molecule has 0 amide bonds. The lowest BCUT2D eigenvalue weighted by molar-refractivity contribution is 0.185. The van der Waals surface area contributed by atoms with Crippen molar-refractivity contribution in [2.45, 2.75) is 19.1 Å². The van der Waals surface area contributed by atoms with E-state index in [1.165, 1.54) is 0 Å². The van der Waals surface area contributed by atoms with Crippen LogP contribution in [0.4, 0.5) is 11.5 Å². The summed E-state index contributed by atoms with van der Waals surface area (Å²) in [6.45, 7) is 1.34. The van der Waals surface area contributed by atoms with Crippen molar-refractivity contribution in [1.82, 2.24) is 14.8 Å². The molecule has 1 fully saturated rings. The molecule has 0 spiro atoms. The van der Waals surface area contributed by atoms with Crippen molar-refractivity contribution in [3.05, 3.63) is 47.2 Å². The minimum atomic E-state index is -0.0687. The Morgan fingerprint density at radius 2 is 2.29 bits per heavy atom. The van der Waals surface area contributed by atoms with Gasteiger partial charge in [0.1, 0.15) is 0 Å². The van der Waals surface area contributed by atoms with Gasteiger partial charge in [-0.3, -0.25) is 9.67 Å². The Hall–Kier alpha value is -2.15. The molecule has 1 saturated heterocycles. The number of ether oxygens (including phenoxy) is 1. The second-order valence-electron chi connectivity index (χ2n) is 5.79. The highest BCUT2D eigenvalue weighted by Crippen LogP contribution is 2.32. The first kappa shape index (κ1) is 15.4. The molecule has 0 bridgehead atoms. The topological polar surface area (TPSA) is 72.2 Å². The largest absolute Gasteiger partial charge is 0.392 e. The molecule has 2 aromatic heterocycles. The van der Waals surface area contributed by atoms with Gasteiger partial charge < -0.3 is 15.2 Å². The molecule has 1 aliphatic heterocycles. The summed E-state index contributed by atoms with van der Waals surface area (Å²) in [5.74, 6) is 0.696. The van der Waals surface area contributed by atoms with Crippen LogP contribution < -0.4 is 5.32 Å². The molecule has 1 atom stereocenters. The van der Waals surface area contributed by atoms with Crippen molar-refractivity contribution >= 4 is 34.0 Å². The first-order valence-corrected chi connectivity index (χ1v) is 8.20. The third-order valence-corrected chi connectivity index (χ3v) is 4.49. The fourth-order valence-corrected chi connectivity index (χ4v) is 3.17. The van der Waals surface area contributed by atoms with Gasteiger partial charge >= 0.3 is 0 Å². The van der Waals surface area contributed by atoms with Gasteiger partial charge in [-0.05, 0) is 30.7 Å². The zero-order valence-corrected chi connectivity index (χ0v) is 13.7. The average Bonchev–Trinajstić information content (AvgIpc) is 3.23. The molecule has 2 N–H and O–H groups in total. The van der Waals surface area contributed by atoms with E-state index in [0.717, 1.165) is 35.2 Å². The molecule has 124 valence electrons. The normalized spacial score (nSPS) is 17.5. The number of nitrogens with one attached hydrogen (secondary N) is 1. The minimum absolute atomic E-state index is 0.0687. The molecular weight excluding hydrogens is 328 g/mol. The highest BCUT2D eigenvalue weighted by molar-refractivity contribution is 6.31. The Morgan fingerprint density at radius 1 is 1.38 bits per heavy atom. The Morgan fingerprint density at radius 3 is 3.08 bits per heavy atom. The van der Waals surface area contributed by atoms with Crippen molar-refractivity contribution in [3.63, 3.8) is 0 Å². The van der Waals surface area contributed by atoms with Crippen LogP contribution in [0.5, 0.6) is 0 Å². The summed E-state index contributed by atoms with van der Waals surface area (Å²) in [6.07, 6.45) is 4.27. The predicted molar refractivity (Wildman–Crippen MR) is 92.7 cm³/mol. The van der Waals surface area contributed by atoms with E-state index in [1.807, 2.05) is 22.9 Å². The van der Waals surface area contributed by atoms with Gasteiger partial charge in [-0.25, -0.2) is 0 Å². The number of aliphatic hydroxyl groups is 1. The number of pyridine rings is 1. The van der Waals surface area contributed by atoms with Gasteiger partial charge in [-0.1, -0.05) is 11.6 Å². The summed E-state index contributed by atoms with van der Waals surface area (Å²) in [6, 6.07) is 7.73. The van der Waals surface area contributed by atoms with Crippen molar-refractivity contribution < 1.29 is 9.84 Å². The van der Waals surface area contributed by atoms with E-state index in [0.29, 0.717) is 17.4 Å².